The molecule has 0 fully saturated rings. The molecule has 0 spiro atoms. The highest BCUT2D eigenvalue weighted by Gasteiger charge is 2.37. The summed E-state index contributed by atoms with van der Waals surface area (Å²) in [5, 5.41) is 17.3. The van der Waals surface area contributed by atoms with Gasteiger partial charge in [0.25, 0.3) is 0 Å². The van der Waals surface area contributed by atoms with Crippen LogP contribution in [0.15, 0.2) is 29.2 Å². The molecule has 0 heterocycles. The van der Waals surface area contributed by atoms with Crippen molar-refractivity contribution in [1.29, 1.82) is 0 Å². The van der Waals surface area contributed by atoms with Crippen LogP contribution in [0.25, 0.3) is 0 Å². The Kier molecular flexibility index (Phi) is 4.73. The Balaban J connectivity index is 3.27. The van der Waals surface area contributed by atoms with Crippen LogP contribution in [-0.4, -0.2) is 37.2 Å². The summed E-state index contributed by atoms with van der Waals surface area (Å²) in [6.07, 6.45) is -4.91. The van der Waals surface area contributed by atoms with E-state index in [9.17, 15) is 26.4 Å². The van der Waals surface area contributed by atoms with Crippen molar-refractivity contribution >= 4 is 16.0 Å². The molecule has 1 aromatic carbocycles. The summed E-state index contributed by atoms with van der Waals surface area (Å²) in [6.45, 7) is -1.09. The molecule has 1 aromatic rings. The number of benzene rings is 1. The zero-order valence-corrected chi connectivity index (χ0v) is 10.6. The predicted molar refractivity (Wildman–Crippen MR) is 60.3 cm³/mol. The van der Waals surface area contributed by atoms with Gasteiger partial charge in [0.05, 0.1) is 17.1 Å². The van der Waals surface area contributed by atoms with Crippen molar-refractivity contribution in [3.8, 4) is 0 Å². The minimum absolute atomic E-state index is 0.559. The Labute approximate surface area is 111 Å². The van der Waals surface area contributed by atoms with E-state index in [0.29, 0.717) is 12.1 Å². The SMILES string of the molecule is O=C(O)[C@H](CO)NS(=O)(=O)c1ccccc1C(F)(F)F. The molecule has 3 N–H and O–H groups in total. The molecule has 0 bridgehead atoms. The predicted octanol–water partition coefficient (Wildman–Crippen LogP) is 0.429. The van der Waals surface area contributed by atoms with Crippen LogP contribution >= 0.6 is 0 Å². The highest BCUT2D eigenvalue weighted by molar-refractivity contribution is 7.89. The smallest absolute Gasteiger partial charge is 0.417 e. The molecule has 0 saturated carbocycles. The first-order chi connectivity index (χ1) is 9.09. The van der Waals surface area contributed by atoms with E-state index in [0.717, 1.165) is 12.1 Å². The van der Waals surface area contributed by atoms with E-state index >= 15 is 0 Å². The molecular weight excluding hydrogens is 303 g/mol. The van der Waals surface area contributed by atoms with Crippen molar-refractivity contribution in [2.24, 2.45) is 0 Å². The van der Waals surface area contributed by atoms with Crippen LogP contribution in [0.2, 0.25) is 0 Å². The molecule has 0 unspecified atom stereocenters. The molecule has 1 rings (SSSR count). The number of carbonyl (C=O) groups is 1. The van der Waals surface area contributed by atoms with Crippen molar-refractivity contribution in [3.05, 3.63) is 29.8 Å². The van der Waals surface area contributed by atoms with E-state index < -0.39 is 45.3 Å². The first kappa shape index (κ1) is 16.4. The highest BCUT2D eigenvalue weighted by atomic mass is 32.2. The molecule has 0 aliphatic rings. The van der Waals surface area contributed by atoms with Crippen molar-refractivity contribution in [2.75, 3.05) is 6.61 Å². The lowest BCUT2D eigenvalue weighted by Gasteiger charge is -2.16. The number of aliphatic carboxylic acids is 1. The van der Waals surface area contributed by atoms with Gasteiger partial charge < -0.3 is 10.2 Å². The Morgan fingerprint density at radius 3 is 2.30 bits per heavy atom. The third-order valence-electron chi connectivity index (χ3n) is 2.26. The Morgan fingerprint density at radius 1 is 1.30 bits per heavy atom. The van der Waals surface area contributed by atoms with Crippen molar-refractivity contribution in [2.45, 2.75) is 17.1 Å². The maximum absolute atomic E-state index is 12.7. The van der Waals surface area contributed by atoms with Gasteiger partial charge in [-0.1, -0.05) is 12.1 Å². The second-order valence-corrected chi connectivity index (χ2v) is 5.37. The topological polar surface area (TPSA) is 104 Å². The van der Waals surface area contributed by atoms with Gasteiger partial charge in [0.15, 0.2) is 0 Å². The lowest BCUT2D eigenvalue weighted by atomic mass is 10.2. The van der Waals surface area contributed by atoms with Gasteiger partial charge in [-0.2, -0.15) is 17.9 Å². The largest absolute Gasteiger partial charge is 0.480 e. The molecule has 0 aromatic heterocycles. The summed E-state index contributed by atoms with van der Waals surface area (Å²) < 4.78 is 63.2. The van der Waals surface area contributed by atoms with Crippen LogP contribution in [-0.2, 0) is 21.0 Å². The van der Waals surface area contributed by atoms with Crippen LogP contribution in [0.5, 0.6) is 0 Å². The maximum Gasteiger partial charge on any atom is 0.417 e. The quantitative estimate of drug-likeness (QED) is 0.731. The van der Waals surface area contributed by atoms with E-state index in [1.54, 1.807) is 0 Å². The molecule has 0 aliphatic carbocycles. The Morgan fingerprint density at radius 2 is 1.85 bits per heavy atom. The van der Waals surface area contributed by atoms with Gasteiger partial charge in [0.1, 0.15) is 6.04 Å². The van der Waals surface area contributed by atoms with Crippen LogP contribution in [0.4, 0.5) is 13.2 Å². The van der Waals surface area contributed by atoms with Gasteiger partial charge in [0.2, 0.25) is 10.0 Å². The monoisotopic (exact) mass is 313 g/mol. The summed E-state index contributed by atoms with van der Waals surface area (Å²) in [6, 6.07) is 1.40. The third-order valence-corrected chi connectivity index (χ3v) is 3.79. The number of aliphatic hydroxyl groups excluding tert-OH is 1. The lowest BCUT2D eigenvalue weighted by molar-refractivity contribution is -0.140. The molecule has 20 heavy (non-hydrogen) atoms. The van der Waals surface area contributed by atoms with Crippen LogP contribution in [0, 0.1) is 0 Å². The normalized spacial score (nSPS) is 14.0. The highest BCUT2D eigenvalue weighted by Crippen LogP contribution is 2.33. The van der Waals surface area contributed by atoms with Crippen LogP contribution < -0.4 is 4.72 Å². The first-order valence-electron chi connectivity index (χ1n) is 5.12. The average Bonchev–Trinajstić information content (AvgIpc) is 2.34. The second kappa shape index (κ2) is 5.77. The molecule has 10 heteroatoms. The minimum Gasteiger partial charge on any atom is -0.480 e. The fourth-order valence-electron chi connectivity index (χ4n) is 1.35. The number of sulfonamides is 1. The molecule has 0 aliphatic heterocycles. The van der Waals surface area contributed by atoms with Gasteiger partial charge in [-0.05, 0) is 12.1 Å². The number of aliphatic hydroxyl groups is 1. The summed E-state index contributed by atoms with van der Waals surface area (Å²) in [4.78, 5) is 9.51. The van der Waals surface area contributed by atoms with E-state index in [2.05, 4.69) is 0 Å². The van der Waals surface area contributed by atoms with Crippen LogP contribution in [0.1, 0.15) is 5.56 Å². The Bertz CT molecular complexity index is 599. The number of carboxylic acids is 1. The fourth-order valence-corrected chi connectivity index (χ4v) is 2.76. The molecule has 112 valence electrons. The minimum atomic E-state index is -4.91. The standard InChI is InChI=1S/C10H10F3NO5S/c11-10(12,13)6-3-1-2-4-8(6)20(18,19)14-7(5-15)9(16)17/h1-4,7,14-15H,5H2,(H,16,17)/t7-/m0/s1. The van der Waals surface area contributed by atoms with Crippen molar-refractivity contribution < 1.29 is 36.6 Å². The zero-order valence-electron chi connectivity index (χ0n) is 9.76. The van der Waals surface area contributed by atoms with E-state index in [1.165, 1.54) is 4.72 Å². The average molecular weight is 313 g/mol. The Hall–Kier alpha value is -1.65. The molecule has 6 nitrogen and oxygen atoms in total. The number of nitrogens with one attached hydrogen (secondary N) is 1. The molecule has 1 atom stereocenters. The molecule has 0 radical (unpaired) electrons. The van der Waals surface area contributed by atoms with Gasteiger partial charge >= 0.3 is 12.1 Å². The zero-order chi connectivity index (χ0) is 15.6. The number of halogens is 3. The molecule has 0 amide bonds. The van der Waals surface area contributed by atoms with Gasteiger partial charge in [-0.3, -0.25) is 4.79 Å². The number of hydrogen-bond acceptors (Lipinski definition) is 4. The van der Waals surface area contributed by atoms with Gasteiger partial charge in [-0.15, -0.1) is 0 Å². The van der Waals surface area contributed by atoms with Crippen molar-refractivity contribution in [3.63, 3.8) is 0 Å². The van der Waals surface area contributed by atoms with Crippen LogP contribution in [0.3, 0.4) is 0 Å². The summed E-state index contributed by atoms with van der Waals surface area (Å²) in [5.41, 5.74) is -1.42. The fraction of sp³-hybridized carbons (Fsp3) is 0.300. The maximum atomic E-state index is 12.7. The van der Waals surface area contributed by atoms with Gasteiger partial charge in [0, 0.05) is 0 Å². The van der Waals surface area contributed by atoms with E-state index in [1.807, 2.05) is 0 Å². The first-order valence-corrected chi connectivity index (χ1v) is 6.60. The number of carboxylic acid groups (broad SMARTS) is 1. The lowest BCUT2D eigenvalue weighted by Crippen LogP contribution is -2.43. The summed E-state index contributed by atoms with van der Waals surface area (Å²) in [7, 11) is -4.74. The van der Waals surface area contributed by atoms with Crippen molar-refractivity contribution in [1.82, 2.24) is 4.72 Å². The number of alkyl halides is 3. The summed E-state index contributed by atoms with van der Waals surface area (Å²) >= 11 is 0. The summed E-state index contributed by atoms with van der Waals surface area (Å²) in [5.74, 6) is -1.71. The van der Waals surface area contributed by atoms with E-state index in [4.69, 9.17) is 10.2 Å². The molecular formula is C10H10F3NO5S. The van der Waals surface area contributed by atoms with E-state index in [-0.39, 0.29) is 0 Å². The number of rotatable bonds is 5. The third kappa shape index (κ3) is 3.68. The van der Waals surface area contributed by atoms with Gasteiger partial charge in [-0.25, -0.2) is 8.42 Å². The molecule has 0 saturated heterocycles. The number of hydrogen-bond donors (Lipinski definition) is 3. The second-order valence-electron chi connectivity index (χ2n) is 3.69.